The highest BCUT2D eigenvalue weighted by molar-refractivity contribution is 6.04. The lowest BCUT2D eigenvalue weighted by atomic mass is 10.1. The number of hydrogen-bond donors (Lipinski definition) is 2. The van der Waals surface area contributed by atoms with Crippen LogP contribution in [0.5, 0.6) is 0 Å². The van der Waals surface area contributed by atoms with Crippen molar-refractivity contribution in [3.05, 3.63) is 29.8 Å². The van der Waals surface area contributed by atoms with Crippen LogP contribution in [0.4, 0.5) is 5.69 Å². The van der Waals surface area contributed by atoms with Crippen LogP contribution in [0.2, 0.25) is 0 Å². The topological polar surface area (TPSA) is 86.7 Å². The standard InChI is InChI=1S/C11H10N2O4/c14-9-5-13(6-10(15)12-9)8-4-2-1-3-7(8)11(16)17/h1-4H,5-6H2,(H,16,17)(H,12,14,15). The van der Waals surface area contributed by atoms with Crippen LogP contribution >= 0.6 is 0 Å². The number of nitrogens with zero attached hydrogens (tertiary/aromatic N) is 1. The molecule has 1 heterocycles. The highest BCUT2D eigenvalue weighted by Gasteiger charge is 2.25. The molecule has 0 spiro atoms. The van der Waals surface area contributed by atoms with Gasteiger partial charge >= 0.3 is 5.97 Å². The first kappa shape index (κ1) is 11.1. The van der Waals surface area contributed by atoms with Crippen molar-refractivity contribution in [1.29, 1.82) is 0 Å². The van der Waals surface area contributed by atoms with E-state index in [2.05, 4.69) is 5.32 Å². The van der Waals surface area contributed by atoms with Gasteiger partial charge in [0.25, 0.3) is 0 Å². The van der Waals surface area contributed by atoms with Crippen LogP contribution in [0.1, 0.15) is 10.4 Å². The Bertz CT molecular complexity index is 482. The summed E-state index contributed by atoms with van der Waals surface area (Å²) in [6.07, 6.45) is 0. The number of piperazine rings is 1. The number of carbonyl (C=O) groups is 3. The van der Waals surface area contributed by atoms with Crippen LogP contribution in [0.25, 0.3) is 0 Å². The fraction of sp³-hybridized carbons (Fsp3) is 0.182. The molecule has 1 aromatic carbocycles. The van der Waals surface area contributed by atoms with Gasteiger partial charge in [-0.15, -0.1) is 0 Å². The lowest BCUT2D eigenvalue weighted by molar-refractivity contribution is -0.130. The van der Waals surface area contributed by atoms with E-state index in [4.69, 9.17) is 5.11 Å². The number of anilines is 1. The molecule has 1 fully saturated rings. The summed E-state index contributed by atoms with van der Waals surface area (Å²) in [4.78, 5) is 34.9. The molecule has 0 atom stereocenters. The third-order valence-electron chi connectivity index (χ3n) is 2.42. The van der Waals surface area contributed by atoms with Gasteiger partial charge in [0.05, 0.1) is 24.3 Å². The van der Waals surface area contributed by atoms with E-state index in [0.29, 0.717) is 5.69 Å². The molecule has 1 aliphatic rings. The van der Waals surface area contributed by atoms with Crippen LogP contribution in [-0.4, -0.2) is 36.0 Å². The van der Waals surface area contributed by atoms with E-state index in [1.54, 1.807) is 18.2 Å². The SMILES string of the molecule is O=C1CN(c2ccccc2C(=O)O)CC(=O)N1. The number of carboxylic acid groups (broad SMARTS) is 1. The first-order valence-corrected chi connectivity index (χ1v) is 4.98. The minimum absolute atomic E-state index is 0.0178. The maximum atomic E-state index is 11.2. The van der Waals surface area contributed by atoms with Gasteiger partial charge in [0.2, 0.25) is 11.8 Å². The van der Waals surface area contributed by atoms with Gasteiger partial charge in [-0.3, -0.25) is 14.9 Å². The number of hydrogen-bond acceptors (Lipinski definition) is 4. The zero-order valence-electron chi connectivity index (χ0n) is 8.84. The van der Waals surface area contributed by atoms with Crippen molar-refractivity contribution in [2.45, 2.75) is 0 Å². The largest absolute Gasteiger partial charge is 0.478 e. The van der Waals surface area contributed by atoms with Gasteiger partial charge in [-0.25, -0.2) is 4.79 Å². The average molecular weight is 234 g/mol. The minimum atomic E-state index is -1.08. The summed E-state index contributed by atoms with van der Waals surface area (Å²) in [7, 11) is 0. The summed E-state index contributed by atoms with van der Waals surface area (Å²) in [6.45, 7) is -0.0356. The summed E-state index contributed by atoms with van der Waals surface area (Å²) in [5, 5.41) is 11.2. The zero-order chi connectivity index (χ0) is 12.4. The van der Waals surface area contributed by atoms with Crippen LogP contribution < -0.4 is 10.2 Å². The second kappa shape index (κ2) is 4.25. The molecule has 0 bridgehead atoms. The second-order valence-electron chi connectivity index (χ2n) is 3.65. The molecule has 0 aliphatic carbocycles. The quantitative estimate of drug-likeness (QED) is 0.695. The lowest BCUT2D eigenvalue weighted by Gasteiger charge is -2.28. The Morgan fingerprint density at radius 3 is 2.35 bits per heavy atom. The fourth-order valence-electron chi connectivity index (χ4n) is 1.74. The molecular formula is C11H10N2O4. The Hall–Kier alpha value is -2.37. The van der Waals surface area contributed by atoms with Gasteiger partial charge < -0.3 is 10.0 Å². The van der Waals surface area contributed by atoms with E-state index in [1.807, 2.05) is 0 Å². The molecule has 17 heavy (non-hydrogen) atoms. The predicted molar refractivity (Wildman–Crippen MR) is 58.8 cm³/mol. The van der Waals surface area contributed by atoms with Gasteiger partial charge in [0, 0.05) is 0 Å². The number of carboxylic acids is 1. The molecule has 6 nitrogen and oxygen atoms in total. The Labute approximate surface area is 96.8 Å². The van der Waals surface area contributed by atoms with Gasteiger partial charge in [-0.2, -0.15) is 0 Å². The number of aromatic carboxylic acids is 1. The molecule has 88 valence electrons. The fourth-order valence-corrected chi connectivity index (χ4v) is 1.74. The Morgan fingerprint density at radius 1 is 1.18 bits per heavy atom. The summed E-state index contributed by atoms with van der Waals surface area (Å²) in [6, 6.07) is 6.28. The maximum absolute atomic E-state index is 11.2. The van der Waals surface area contributed by atoms with Gasteiger partial charge in [0.15, 0.2) is 0 Å². The highest BCUT2D eigenvalue weighted by atomic mass is 16.4. The van der Waals surface area contributed by atoms with Crippen molar-refractivity contribution in [3.8, 4) is 0 Å². The number of imide groups is 1. The molecule has 1 aliphatic heterocycles. The molecule has 2 rings (SSSR count). The highest BCUT2D eigenvalue weighted by Crippen LogP contribution is 2.20. The smallest absolute Gasteiger partial charge is 0.337 e. The van der Waals surface area contributed by atoms with Gasteiger partial charge in [0.1, 0.15) is 0 Å². The monoisotopic (exact) mass is 234 g/mol. The van der Waals surface area contributed by atoms with Crippen molar-refractivity contribution in [3.63, 3.8) is 0 Å². The number of benzene rings is 1. The third kappa shape index (κ3) is 2.25. The van der Waals surface area contributed by atoms with Gasteiger partial charge in [-0.1, -0.05) is 12.1 Å². The summed E-state index contributed by atoms with van der Waals surface area (Å²) in [5.41, 5.74) is 0.457. The van der Waals surface area contributed by atoms with Crippen LogP contribution in [0.3, 0.4) is 0 Å². The van der Waals surface area contributed by atoms with Crippen molar-refractivity contribution in [2.75, 3.05) is 18.0 Å². The van der Waals surface area contributed by atoms with Crippen molar-refractivity contribution in [1.82, 2.24) is 5.32 Å². The van der Waals surface area contributed by atoms with Gasteiger partial charge in [-0.05, 0) is 12.1 Å². The molecule has 0 aromatic heterocycles. The summed E-state index contributed by atoms with van der Waals surface area (Å²) in [5.74, 6) is -1.94. The summed E-state index contributed by atoms with van der Waals surface area (Å²) < 4.78 is 0. The number of carbonyl (C=O) groups excluding carboxylic acids is 2. The molecule has 1 saturated heterocycles. The van der Waals surface area contributed by atoms with Crippen LogP contribution in [-0.2, 0) is 9.59 Å². The molecule has 0 saturated carbocycles. The van der Waals surface area contributed by atoms with E-state index in [1.165, 1.54) is 11.0 Å². The minimum Gasteiger partial charge on any atom is -0.478 e. The molecule has 0 radical (unpaired) electrons. The van der Waals surface area contributed by atoms with Crippen molar-refractivity contribution in [2.24, 2.45) is 0 Å². The summed E-state index contributed by atoms with van der Waals surface area (Å²) >= 11 is 0. The van der Waals surface area contributed by atoms with E-state index >= 15 is 0 Å². The molecule has 2 N–H and O–H groups in total. The third-order valence-corrected chi connectivity index (χ3v) is 2.42. The van der Waals surface area contributed by atoms with E-state index < -0.39 is 17.8 Å². The predicted octanol–water partition coefficient (Wildman–Crippen LogP) is -0.152. The van der Waals surface area contributed by atoms with Crippen molar-refractivity contribution >= 4 is 23.5 Å². The molecule has 2 amide bonds. The zero-order valence-corrected chi connectivity index (χ0v) is 8.84. The normalized spacial score (nSPS) is 15.6. The first-order valence-electron chi connectivity index (χ1n) is 4.98. The lowest BCUT2D eigenvalue weighted by Crippen LogP contribution is -2.51. The number of nitrogens with one attached hydrogen (secondary N) is 1. The molecule has 0 unspecified atom stereocenters. The maximum Gasteiger partial charge on any atom is 0.337 e. The first-order chi connectivity index (χ1) is 8.08. The number of rotatable bonds is 2. The van der Waals surface area contributed by atoms with E-state index in [9.17, 15) is 14.4 Å². The average Bonchev–Trinajstić information content (AvgIpc) is 2.27. The Morgan fingerprint density at radius 2 is 1.76 bits per heavy atom. The van der Waals surface area contributed by atoms with Crippen LogP contribution in [0, 0.1) is 0 Å². The van der Waals surface area contributed by atoms with E-state index in [-0.39, 0.29) is 18.7 Å². The van der Waals surface area contributed by atoms with Crippen LogP contribution in [0.15, 0.2) is 24.3 Å². The number of amides is 2. The Kier molecular flexibility index (Phi) is 2.78. The molecule has 1 aromatic rings. The number of para-hydroxylation sites is 1. The van der Waals surface area contributed by atoms with Crippen molar-refractivity contribution < 1.29 is 19.5 Å². The molecular weight excluding hydrogens is 224 g/mol. The molecule has 6 heteroatoms. The Balaban J connectivity index is 2.36. The van der Waals surface area contributed by atoms with E-state index in [0.717, 1.165) is 0 Å². The second-order valence-corrected chi connectivity index (χ2v) is 3.65.